The summed E-state index contributed by atoms with van der Waals surface area (Å²) in [7, 11) is -2.00. The molecule has 1 saturated heterocycles. The van der Waals surface area contributed by atoms with Crippen molar-refractivity contribution in [2.24, 2.45) is 11.8 Å². The summed E-state index contributed by atoms with van der Waals surface area (Å²) >= 11 is 0. The van der Waals surface area contributed by atoms with Crippen LogP contribution in [0.2, 0.25) is 0 Å². The summed E-state index contributed by atoms with van der Waals surface area (Å²) in [6.45, 7) is 3.69. The van der Waals surface area contributed by atoms with Crippen LogP contribution in [0.3, 0.4) is 0 Å². The highest BCUT2D eigenvalue weighted by atomic mass is 35.5. The maximum atomic E-state index is 12.3. The first-order valence-corrected chi connectivity index (χ1v) is 9.59. The molecule has 1 aliphatic carbocycles. The Morgan fingerprint density at radius 3 is 2.38 bits per heavy atom. The van der Waals surface area contributed by atoms with Gasteiger partial charge in [0.1, 0.15) is 0 Å². The quantitative estimate of drug-likeness (QED) is 0.688. The topological polar surface area (TPSA) is 52.7 Å². The Morgan fingerprint density at radius 1 is 1.25 bits per heavy atom. The first-order chi connectivity index (χ1) is 10.6. The third-order valence-corrected chi connectivity index (χ3v) is 6.44. The Balaban J connectivity index is 0.00000288. The molecule has 0 aromatic carbocycles. The van der Waals surface area contributed by atoms with Gasteiger partial charge < -0.3 is 4.90 Å². The van der Waals surface area contributed by atoms with Crippen molar-refractivity contribution in [1.82, 2.24) is 13.9 Å². The van der Waals surface area contributed by atoms with Gasteiger partial charge in [0, 0.05) is 39.1 Å². The average Bonchev–Trinajstić information content (AvgIpc) is 3.19. The van der Waals surface area contributed by atoms with E-state index >= 15 is 0 Å². The lowest BCUT2D eigenvalue weighted by atomic mass is 9.99. The monoisotopic (exact) mass is 393 g/mol. The summed E-state index contributed by atoms with van der Waals surface area (Å²) in [4.78, 5) is 1.97. The lowest BCUT2D eigenvalue weighted by Crippen LogP contribution is -2.47. The second-order valence-electron chi connectivity index (χ2n) is 6.62. The predicted molar refractivity (Wildman–Crippen MR) is 89.3 cm³/mol. The van der Waals surface area contributed by atoms with Crippen LogP contribution in [0.4, 0.5) is 13.2 Å². The zero-order valence-corrected chi connectivity index (χ0v) is 15.7. The fourth-order valence-electron chi connectivity index (χ4n) is 3.18. The van der Waals surface area contributed by atoms with E-state index in [9.17, 15) is 21.6 Å². The van der Waals surface area contributed by atoms with Crippen LogP contribution < -0.4 is 4.72 Å². The third kappa shape index (κ3) is 6.33. The van der Waals surface area contributed by atoms with Gasteiger partial charge in [-0.2, -0.15) is 30.6 Å². The fourth-order valence-corrected chi connectivity index (χ4v) is 4.33. The normalized spacial score (nSPS) is 25.9. The smallest absolute Gasteiger partial charge is 0.301 e. The predicted octanol–water partition coefficient (Wildman–Crippen LogP) is 2.25. The minimum Gasteiger partial charge on any atom is -0.301 e. The van der Waals surface area contributed by atoms with E-state index < -0.39 is 22.8 Å². The SMILES string of the molecule is CCN(C)S(=O)(=O)N[C@H]1CN(CCCC(F)(F)F)C[C@@H]1C1CC1.Cl. The fraction of sp³-hybridized carbons (Fsp3) is 1.00. The first kappa shape index (κ1) is 22.0. The summed E-state index contributed by atoms with van der Waals surface area (Å²) in [5, 5.41) is 0. The highest BCUT2D eigenvalue weighted by Gasteiger charge is 2.44. The van der Waals surface area contributed by atoms with Gasteiger partial charge in [-0.1, -0.05) is 6.92 Å². The maximum Gasteiger partial charge on any atom is 0.389 e. The van der Waals surface area contributed by atoms with Crippen molar-refractivity contribution in [3.63, 3.8) is 0 Å². The van der Waals surface area contributed by atoms with Crippen LogP contribution in [0, 0.1) is 11.8 Å². The molecule has 1 aliphatic heterocycles. The molecule has 1 saturated carbocycles. The number of halogens is 4. The lowest BCUT2D eigenvalue weighted by molar-refractivity contribution is -0.136. The van der Waals surface area contributed by atoms with E-state index in [0.29, 0.717) is 32.1 Å². The minimum atomic E-state index is -4.12. The van der Waals surface area contributed by atoms with Crippen LogP contribution in [0.1, 0.15) is 32.6 Å². The highest BCUT2D eigenvalue weighted by molar-refractivity contribution is 7.87. The third-order valence-electron chi connectivity index (χ3n) is 4.76. The number of likely N-dealkylation sites (tertiary alicyclic amines) is 1. The van der Waals surface area contributed by atoms with Crippen LogP contribution in [0.5, 0.6) is 0 Å². The first-order valence-electron chi connectivity index (χ1n) is 8.15. The van der Waals surface area contributed by atoms with Crippen molar-refractivity contribution in [3.8, 4) is 0 Å². The molecule has 0 radical (unpaired) electrons. The van der Waals surface area contributed by atoms with Crippen LogP contribution in [-0.2, 0) is 10.2 Å². The summed E-state index contributed by atoms with van der Waals surface area (Å²) < 4.78 is 65.2. The number of hydrogen-bond acceptors (Lipinski definition) is 3. The van der Waals surface area contributed by atoms with Gasteiger partial charge in [0.2, 0.25) is 0 Å². The van der Waals surface area contributed by atoms with E-state index in [0.717, 1.165) is 12.8 Å². The molecule has 10 heteroatoms. The highest BCUT2D eigenvalue weighted by Crippen LogP contribution is 2.41. The summed E-state index contributed by atoms with van der Waals surface area (Å²) in [6, 6.07) is -0.201. The van der Waals surface area contributed by atoms with Crippen LogP contribution >= 0.6 is 12.4 Å². The van der Waals surface area contributed by atoms with Gasteiger partial charge in [-0.3, -0.25) is 0 Å². The number of alkyl halides is 3. The molecule has 2 aliphatic rings. The Kier molecular flexibility index (Phi) is 7.80. The van der Waals surface area contributed by atoms with E-state index in [1.54, 1.807) is 6.92 Å². The Morgan fingerprint density at radius 2 is 1.88 bits per heavy atom. The molecule has 1 N–H and O–H groups in total. The zero-order valence-electron chi connectivity index (χ0n) is 14.1. The molecule has 0 amide bonds. The molecule has 2 rings (SSSR count). The van der Waals surface area contributed by atoms with Gasteiger partial charge in [-0.05, 0) is 37.6 Å². The Hall–Kier alpha value is -0.0900. The molecule has 24 heavy (non-hydrogen) atoms. The van der Waals surface area contributed by atoms with Gasteiger partial charge in [0.15, 0.2) is 0 Å². The Labute approximate surface area is 148 Å². The molecule has 5 nitrogen and oxygen atoms in total. The standard InChI is InChI=1S/C14H26F3N3O2S.ClH/c1-3-19(2)23(21,22)18-13-10-20(8-4-7-14(15,16)17)9-12(13)11-5-6-11;/h11-13,18H,3-10H2,1-2H3;1H/t12-,13+;/m1./s1. The molecule has 2 fully saturated rings. The minimum absolute atomic E-state index is 0. The summed E-state index contributed by atoms with van der Waals surface area (Å²) in [6.07, 6.45) is -2.67. The van der Waals surface area contributed by atoms with Crippen molar-refractivity contribution < 1.29 is 21.6 Å². The van der Waals surface area contributed by atoms with Crippen LogP contribution in [-0.4, -0.2) is 63.1 Å². The van der Waals surface area contributed by atoms with Crippen molar-refractivity contribution in [2.75, 3.05) is 33.2 Å². The maximum absolute atomic E-state index is 12.3. The van der Waals surface area contributed by atoms with Crippen molar-refractivity contribution in [2.45, 2.75) is 44.8 Å². The number of hydrogen-bond donors (Lipinski definition) is 1. The van der Waals surface area contributed by atoms with E-state index in [2.05, 4.69) is 4.72 Å². The van der Waals surface area contributed by atoms with E-state index in [4.69, 9.17) is 0 Å². The van der Waals surface area contributed by atoms with Crippen LogP contribution in [0.15, 0.2) is 0 Å². The lowest BCUT2D eigenvalue weighted by Gasteiger charge is -2.23. The van der Waals surface area contributed by atoms with Crippen molar-refractivity contribution in [1.29, 1.82) is 0 Å². The molecule has 0 bridgehead atoms. The van der Waals surface area contributed by atoms with Gasteiger partial charge in [-0.15, -0.1) is 12.4 Å². The number of rotatable bonds is 8. The van der Waals surface area contributed by atoms with Crippen LogP contribution in [0.25, 0.3) is 0 Å². The van der Waals surface area contributed by atoms with Crippen molar-refractivity contribution in [3.05, 3.63) is 0 Å². The van der Waals surface area contributed by atoms with E-state index in [1.165, 1.54) is 11.4 Å². The Bertz CT molecular complexity index is 500. The molecule has 0 spiro atoms. The number of nitrogens with one attached hydrogen (secondary N) is 1. The molecule has 144 valence electrons. The van der Waals surface area contributed by atoms with E-state index in [-0.39, 0.29) is 30.8 Å². The molecule has 0 aromatic rings. The van der Waals surface area contributed by atoms with Gasteiger partial charge in [0.05, 0.1) is 0 Å². The van der Waals surface area contributed by atoms with Crippen molar-refractivity contribution >= 4 is 22.6 Å². The molecular weight excluding hydrogens is 367 g/mol. The van der Waals surface area contributed by atoms with Gasteiger partial charge >= 0.3 is 6.18 Å². The molecule has 0 aromatic heterocycles. The molecular formula is C14H27ClF3N3O2S. The van der Waals surface area contributed by atoms with Gasteiger partial charge in [-0.25, -0.2) is 0 Å². The second kappa shape index (κ2) is 8.53. The van der Waals surface area contributed by atoms with E-state index in [1.807, 2.05) is 4.90 Å². The number of nitrogens with zero attached hydrogens (tertiary/aromatic N) is 2. The second-order valence-corrected chi connectivity index (χ2v) is 8.43. The average molecular weight is 394 g/mol. The zero-order chi connectivity index (χ0) is 17.3. The summed E-state index contributed by atoms with van der Waals surface area (Å²) in [5.74, 6) is 0.711. The summed E-state index contributed by atoms with van der Waals surface area (Å²) in [5.41, 5.74) is 0. The molecule has 1 heterocycles. The molecule has 2 atom stereocenters. The largest absolute Gasteiger partial charge is 0.389 e. The molecule has 0 unspecified atom stereocenters. The van der Waals surface area contributed by atoms with Gasteiger partial charge in [0.25, 0.3) is 10.2 Å².